The van der Waals surface area contributed by atoms with Gasteiger partial charge in [0.15, 0.2) is 5.78 Å². The van der Waals surface area contributed by atoms with Gasteiger partial charge in [0, 0.05) is 30.5 Å². The molecule has 0 saturated carbocycles. The van der Waals surface area contributed by atoms with E-state index in [2.05, 4.69) is 20.5 Å². The minimum atomic E-state index is -4.53. The van der Waals surface area contributed by atoms with Gasteiger partial charge in [-0.3, -0.25) is 9.59 Å². The molecule has 1 aliphatic rings. The monoisotopic (exact) mass is 508 g/mol. The fourth-order valence-electron chi connectivity index (χ4n) is 3.80. The Labute approximate surface area is 202 Å². The molecule has 4 rings (SSSR count). The number of carbonyl (C=O) groups is 2. The minimum absolute atomic E-state index is 0.0385. The molecule has 1 aliphatic heterocycles. The highest BCUT2D eigenvalue weighted by Gasteiger charge is 2.28. The predicted molar refractivity (Wildman–Crippen MR) is 119 cm³/mol. The van der Waals surface area contributed by atoms with Gasteiger partial charge < -0.3 is 15.4 Å². The number of Topliss-reactive ketones (excluding diaryl/α,β-unsaturated/α-hetero) is 1. The van der Waals surface area contributed by atoms with Gasteiger partial charge in [-0.2, -0.15) is 13.2 Å². The van der Waals surface area contributed by atoms with E-state index in [1.165, 1.54) is 35.0 Å². The van der Waals surface area contributed by atoms with Crippen molar-refractivity contribution in [2.75, 3.05) is 25.0 Å². The average Bonchev–Trinajstić information content (AvgIpc) is 3.43. The Bertz CT molecular complexity index is 1270. The fraction of sp³-hybridized carbons (Fsp3) is 0.292. The summed E-state index contributed by atoms with van der Waals surface area (Å²) < 4.78 is 72.1. The first kappa shape index (κ1) is 25.3. The maximum atomic E-state index is 14.6. The molecule has 1 aromatic heterocycles. The van der Waals surface area contributed by atoms with Crippen molar-refractivity contribution in [3.8, 4) is 16.9 Å². The molecule has 2 aromatic carbocycles. The molecule has 0 aliphatic carbocycles. The van der Waals surface area contributed by atoms with E-state index in [0.717, 1.165) is 12.1 Å². The van der Waals surface area contributed by atoms with E-state index < -0.39 is 36.9 Å². The first-order chi connectivity index (χ1) is 17.1. The number of hydrogen-bond donors (Lipinski definition) is 2. The van der Waals surface area contributed by atoms with Crippen molar-refractivity contribution < 1.29 is 36.3 Å². The van der Waals surface area contributed by atoms with Crippen LogP contribution in [0.25, 0.3) is 16.9 Å². The number of aromatic nitrogens is 2. The molecule has 1 saturated heterocycles. The van der Waals surface area contributed by atoms with Crippen molar-refractivity contribution >= 4 is 17.5 Å². The van der Waals surface area contributed by atoms with Crippen molar-refractivity contribution in [2.45, 2.75) is 19.2 Å². The van der Waals surface area contributed by atoms with Crippen LogP contribution in [0.2, 0.25) is 0 Å². The molecule has 3 aromatic rings. The van der Waals surface area contributed by atoms with Gasteiger partial charge in [0.25, 0.3) is 0 Å². The highest BCUT2D eigenvalue weighted by atomic mass is 19.4. The maximum absolute atomic E-state index is 14.6. The van der Waals surface area contributed by atoms with Gasteiger partial charge in [-0.15, -0.1) is 5.10 Å². The molecule has 2 N–H and O–H groups in total. The third-order valence-corrected chi connectivity index (χ3v) is 5.45. The van der Waals surface area contributed by atoms with E-state index in [0.29, 0.717) is 0 Å². The number of para-hydroxylation sites is 1. The second-order valence-corrected chi connectivity index (χ2v) is 8.26. The number of hydrogen-bond acceptors (Lipinski definition) is 5. The van der Waals surface area contributed by atoms with E-state index in [4.69, 9.17) is 0 Å². The lowest BCUT2D eigenvalue weighted by molar-refractivity contribution is -0.176. The lowest BCUT2D eigenvalue weighted by atomic mass is 10.0. The number of ketones is 1. The van der Waals surface area contributed by atoms with Crippen LogP contribution in [-0.2, 0) is 20.9 Å². The second kappa shape index (κ2) is 10.4. The molecule has 190 valence electrons. The van der Waals surface area contributed by atoms with Gasteiger partial charge in [-0.05, 0) is 35.9 Å². The Hall–Kier alpha value is -3.80. The summed E-state index contributed by atoms with van der Waals surface area (Å²) in [4.78, 5) is 23.8. The minimum Gasteiger partial charge on any atom is -0.367 e. The predicted octanol–water partition coefficient (Wildman–Crippen LogP) is 4.01. The number of anilines is 1. The summed E-state index contributed by atoms with van der Waals surface area (Å²) in [7, 11) is 0. The van der Waals surface area contributed by atoms with Crippen LogP contribution >= 0.6 is 0 Å². The number of amides is 1. The van der Waals surface area contributed by atoms with Crippen LogP contribution in [0, 0.1) is 17.6 Å². The van der Waals surface area contributed by atoms with Gasteiger partial charge >= 0.3 is 6.18 Å². The molecule has 12 heteroatoms. The Morgan fingerprint density at radius 1 is 1.17 bits per heavy atom. The molecule has 0 bridgehead atoms. The molecule has 36 heavy (non-hydrogen) atoms. The Morgan fingerprint density at radius 3 is 2.64 bits per heavy atom. The summed E-state index contributed by atoms with van der Waals surface area (Å²) in [5.41, 5.74) is 0.612. The van der Waals surface area contributed by atoms with Crippen LogP contribution in [0.4, 0.5) is 27.8 Å². The second-order valence-electron chi connectivity index (χ2n) is 8.26. The highest BCUT2D eigenvalue weighted by molar-refractivity contribution is 5.92. The zero-order valence-corrected chi connectivity index (χ0v) is 18.7. The van der Waals surface area contributed by atoms with Gasteiger partial charge in [-0.25, -0.2) is 13.5 Å². The molecule has 1 amide bonds. The zero-order valence-electron chi connectivity index (χ0n) is 18.7. The first-order valence-electron chi connectivity index (χ1n) is 10.9. The number of rotatable bonds is 9. The van der Waals surface area contributed by atoms with Crippen LogP contribution in [0.5, 0.6) is 0 Å². The summed E-state index contributed by atoms with van der Waals surface area (Å²) in [6.45, 7) is -1.88. The molecule has 0 radical (unpaired) electrons. The molecule has 1 fully saturated rings. The molecular formula is C24H21F5N4O3. The van der Waals surface area contributed by atoms with Crippen LogP contribution in [0.1, 0.15) is 12.0 Å². The van der Waals surface area contributed by atoms with Crippen molar-refractivity contribution in [3.63, 3.8) is 0 Å². The SMILES string of the molecule is O=C1C[C@H](C(=O)CNc2cc(-c3cc(F)cc(COCC(F)(F)F)c3)n(-c3ccccc3F)n2)CN1. The number of nitrogens with one attached hydrogen (secondary N) is 2. The van der Waals surface area contributed by atoms with Gasteiger partial charge in [0.05, 0.1) is 18.8 Å². The van der Waals surface area contributed by atoms with Crippen molar-refractivity contribution in [1.82, 2.24) is 15.1 Å². The van der Waals surface area contributed by atoms with Crippen molar-refractivity contribution in [3.05, 3.63) is 65.7 Å². The number of halogens is 5. The number of carbonyl (C=O) groups excluding carboxylic acids is 2. The maximum Gasteiger partial charge on any atom is 0.411 e. The number of ether oxygens (including phenoxy) is 1. The van der Waals surface area contributed by atoms with Crippen molar-refractivity contribution in [1.29, 1.82) is 0 Å². The van der Waals surface area contributed by atoms with Crippen LogP contribution in [0.15, 0.2) is 48.5 Å². The average molecular weight is 508 g/mol. The van der Waals surface area contributed by atoms with E-state index >= 15 is 0 Å². The lowest BCUT2D eigenvalue weighted by Gasteiger charge is -2.11. The van der Waals surface area contributed by atoms with E-state index in [1.54, 1.807) is 6.07 Å². The zero-order chi connectivity index (χ0) is 25.9. The van der Waals surface area contributed by atoms with Crippen LogP contribution in [0.3, 0.4) is 0 Å². The van der Waals surface area contributed by atoms with Crippen LogP contribution in [-0.4, -0.2) is 47.3 Å². The Kier molecular flexibility index (Phi) is 7.34. The largest absolute Gasteiger partial charge is 0.411 e. The van der Waals surface area contributed by atoms with Gasteiger partial charge in [-0.1, -0.05) is 12.1 Å². The number of alkyl halides is 3. The first-order valence-corrected chi connectivity index (χ1v) is 10.9. The topological polar surface area (TPSA) is 85.2 Å². The fourth-order valence-corrected chi connectivity index (χ4v) is 3.80. The molecule has 2 heterocycles. The van der Waals surface area contributed by atoms with Crippen LogP contribution < -0.4 is 10.6 Å². The third-order valence-electron chi connectivity index (χ3n) is 5.45. The summed E-state index contributed by atoms with van der Waals surface area (Å²) >= 11 is 0. The summed E-state index contributed by atoms with van der Waals surface area (Å²) in [6, 6.07) is 10.8. The molecule has 1 atom stereocenters. The van der Waals surface area contributed by atoms with Gasteiger partial charge in [0.2, 0.25) is 5.91 Å². The van der Waals surface area contributed by atoms with E-state index in [9.17, 15) is 31.5 Å². The number of benzene rings is 2. The quantitative estimate of drug-likeness (QED) is 0.427. The highest BCUT2D eigenvalue weighted by Crippen LogP contribution is 2.29. The summed E-state index contributed by atoms with van der Waals surface area (Å²) in [6.07, 6.45) is -4.43. The molecular weight excluding hydrogens is 487 g/mol. The van der Waals surface area contributed by atoms with E-state index in [-0.39, 0.29) is 59.5 Å². The third kappa shape index (κ3) is 6.25. The smallest absolute Gasteiger partial charge is 0.367 e. The molecule has 0 unspecified atom stereocenters. The Balaban J connectivity index is 1.63. The van der Waals surface area contributed by atoms with E-state index in [1.807, 2.05) is 0 Å². The molecule has 0 spiro atoms. The lowest BCUT2D eigenvalue weighted by Crippen LogP contribution is -2.24. The standard InChI is InChI=1S/C24H21F5N4O3/c25-17-6-14(12-36-13-24(27,28)29)5-15(7-17)20-9-22(30-11-21(34)16-8-23(35)31-10-16)32-33(20)19-4-2-1-3-18(19)26/h1-7,9,16H,8,10-13H2,(H,30,32)(H,31,35)/t16-/m0/s1. The number of nitrogens with zero attached hydrogens (tertiary/aromatic N) is 2. The summed E-state index contributed by atoms with van der Waals surface area (Å²) in [5, 5.41) is 9.75. The molecule has 7 nitrogen and oxygen atoms in total. The normalized spacial score (nSPS) is 15.7. The van der Waals surface area contributed by atoms with Crippen molar-refractivity contribution in [2.24, 2.45) is 5.92 Å². The van der Waals surface area contributed by atoms with Gasteiger partial charge in [0.1, 0.15) is 29.7 Å². The Morgan fingerprint density at radius 2 is 1.94 bits per heavy atom. The summed E-state index contributed by atoms with van der Waals surface area (Å²) in [5.74, 6) is -2.07.